The molecule has 0 saturated carbocycles. The molecule has 2 saturated heterocycles. The van der Waals surface area contributed by atoms with E-state index in [-0.39, 0.29) is 30.3 Å². The monoisotopic (exact) mass is 469 g/mol. The lowest BCUT2D eigenvalue weighted by molar-refractivity contribution is -0.134. The van der Waals surface area contributed by atoms with Gasteiger partial charge < -0.3 is 10.2 Å². The Kier molecular flexibility index (Phi) is 7.67. The first kappa shape index (κ1) is 24.3. The molecular formula is C29H31N3O3. The van der Waals surface area contributed by atoms with Gasteiger partial charge in [-0.15, -0.1) is 5.92 Å². The standard InChI is InChI=1S/C29H31N3O3/c1-2-3-20-32-27(34)29(30-28(32)35,19-16-24-12-8-5-9-13-24)25-17-21-31(22-18-25)26(33)15-14-23-10-6-4-7-11-23/h4-15,25H,16-22H2,1H3,(H,30,35)/b15-14+. The van der Waals surface area contributed by atoms with Crippen LogP contribution in [0.5, 0.6) is 0 Å². The molecule has 2 aliphatic heterocycles. The van der Waals surface area contributed by atoms with Crippen molar-refractivity contribution in [1.82, 2.24) is 15.1 Å². The molecule has 2 aromatic rings. The lowest BCUT2D eigenvalue weighted by Crippen LogP contribution is -2.56. The minimum atomic E-state index is -0.975. The molecule has 0 radical (unpaired) electrons. The number of nitrogens with zero attached hydrogens (tertiary/aromatic N) is 2. The summed E-state index contributed by atoms with van der Waals surface area (Å²) >= 11 is 0. The molecular weight excluding hydrogens is 438 g/mol. The summed E-state index contributed by atoms with van der Waals surface area (Å²) in [4.78, 5) is 42.2. The first-order chi connectivity index (χ1) is 17.0. The van der Waals surface area contributed by atoms with Gasteiger partial charge in [-0.1, -0.05) is 66.6 Å². The van der Waals surface area contributed by atoms with Gasteiger partial charge in [0, 0.05) is 19.2 Å². The number of likely N-dealkylation sites (tertiary alicyclic amines) is 1. The smallest absolute Gasteiger partial charge is 0.325 e. The maximum Gasteiger partial charge on any atom is 0.325 e. The average molecular weight is 470 g/mol. The van der Waals surface area contributed by atoms with Crippen LogP contribution in [0.1, 0.15) is 37.3 Å². The van der Waals surface area contributed by atoms with Crippen molar-refractivity contribution in [2.45, 2.75) is 38.1 Å². The van der Waals surface area contributed by atoms with Crippen molar-refractivity contribution in [2.24, 2.45) is 5.92 Å². The van der Waals surface area contributed by atoms with Crippen molar-refractivity contribution >= 4 is 23.9 Å². The maximum atomic E-state index is 13.6. The summed E-state index contributed by atoms with van der Waals surface area (Å²) in [6.07, 6.45) is 5.93. The number of urea groups is 1. The number of benzene rings is 2. The lowest BCUT2D eigenvalue weighted by atomic mass is 9.74. The average Bonchev–Trinajstić information content (AvgIpc) is 3.15. The Morgan fingerprint density at radius 2 is 1.71 bits per heavy atom. The third-order valence-corrected chi connectivity index (χ3v) is 6.99. The van der Waals surface area contributed by atoms with Crippen molar-refractivity contribution in [3.05, 3.63) is 77.9 Å². The highest BCUT2D eigenvalue weighted by atomic mass is 16.2. The zero-order valence-electron chi connectivity index (χ0n) is 20.1. The molecule has 2 aromatic carbocycles. The van der Waals surface area contributed by atoms with Crippen molar-refractivity contribution in [3.8, 4) is 11.8 Å². The largest absolute Gasteiger partial charge is 0.339 e. The Bertz CT molecular complexity index is 1140. The SMILES string of the molecule is CC#CCN1C(=O)NC(CCc2ccccc2)(C2CCN(C(=O)/C=C/c3ccccc3)CC2)C1=O. The molecule has 0 bridgehead atoms. The molecule has 2 heterocycles. The number of carbonyl (C=O) groups excluding carboxylic acids is 3. The molecule has 35 heavy (non-hydrogen) atoms. The van der Waals surface area contributed by atoms with Crippen molar-refractivity contribution in [3.63, 3.8) is 0 Å². The molecule has 6 heteroatoms. The van der Waals surface area contributed by atoms with E-state index in [1.165, 1.54) is 4.90 Å². The number of carbonyl (C=O) groups is 3. The van der Waals surface area contributed by atoms with Gasteiger partial charge >= 0.3 is 6.03 Å². The molecule has 6 nitrogen and oxygen atoms in total. The molecule has 180 valence electrons. The Morgan fingerprint density at radius 1 is 1.06 bits per heavy atom. The molecule has 0 aromatic heterocycles. The van der Waals surface area contributed by atoms with Crippen molar-refractivity contribution < 1.29 is 14.4 Å². The van der Waals surface area contributed by atoms with E-state index in [4.69, 9.17) is 0 Å². The van der Waals surface area contributed by atoms with E-state index in [0.29, 0.717) is 38.8 Å². The van der Waals surface area contributed by atoms with Crippen LogP contribution in [0.25, 0.3) is 6.08 Å². The molecule has 0 aliphatic carbocycles. The van der Waals surface area contributed by atoms with Crippen LogP contribution in [-0.4, -0.2) is 52.8 Å². The minimum absolute atomic E-state index is 0.0349. The number of nitrogens with one attached hydrogen (secondary N) is 1. The van der Waals surface area contributed by atoms with Crippen LogP contribution in [0.3, 0.4) is 0 Å². The zero-order chi connectivity index (χ0) is 24.7. The van der Waals surface area contributed by atoms with Gasteiger partial charge in [0.05, 0.1) is 6.54 Å². The Balaban J connectivity index is 1.47. The van der Waals surface area contributed by atoms with Gasteiger partial charge in [0.15, 0.2) is 0 Å². The number of imide groups is 1. The van der Waals surface area contributed by atoms with Crippen LogP contribution >= 0.6 is 0 Å². The van der Waals surface area contributed by atoms with E-state index in [0.717, 1.165) is 11.1 Å². The van der Waals surface area contributed by atoms with Crippen LogP contribution in [-0.2, 0) is 16.0 Å². The van der Waals surface area contributed by atoms with E-state index in [1.807, 2.05) is 71.6 Å². The second-order valence-corrected chi connectivity index (χ2v) is 9.05. The maximum absolute atomic E-state index is 13.6. The molecule has 2 aliphatic rings. The second-order valence-electron chi connectivity index (χ2n) is 9.05. The van der Waals surface area contributed by atoms with E-state index in [9.17, 15) is 14.4 Å². The van der Waals surface area contributed by atoms with Crippen LogP contribution in [0.2, 0.25) is 0 Å². The minimum Gasteiger partial charge on any atom is -0.339 e. The predicted molar refractivity (Wildman–Crippen MR) is 136 cm³/mol. The van der Waals surface area contributed by atoms with Crippen LogP contribution in [0.4, 0.5) is 4.79 Å². The van der Waals surface area contributed by atoms with Crippen molar-refractivity contribution in [1.29, 1.82) is 0 Å². The fourth-order valence-electron chi connectivity index (χ4n) is 5.01. The van der Waals surface area contributed by atoms with Gasteiger partial charge in [-0.3, -0.25) is 14.5 Å². The zero-order valence-corrected chi connectivity index (χ0v) is 20.1. The van der Waals surface area contributed by atoms with E-state index in [1.54, 1.807) is 13.0 Å². The molecule has 4 rings (SSSR count). The summed E-state index contributed by atoms with van der Waals surface area (Å²) in [5, 5.41) is 3.06. The number of rotatable bonds is 7. The summed E-state index contributed by atoms with van der Waals surface area (Å²) in [5.41, 5.74) is 1.13. The predicted octanol–water partition coefficient (Wildman–Crippen LogP) is 3.89. The Morgan fingerprint density at radius 3 is 2.37 bits per heavy atom. The van der Waals surface area contributed by atoms with Crippen molar-refractivity contribution in [2.75, 3.05) is 19.6 Å². The first-order valence-electron chi connectivity index (χ1n) is 12.1. The normalized spacial score (nSPS) is 20.6. The summed E-state index contributed by atoms with van der Waals surface area (Å²) < 4.78 is 0. The third kappa shape index (κ3) is 5.46. The summed E-state index contributed by atoms with van der Waals surface area (Å²) in [7, 11) is 0. The van der Waals surface area contributed by atoms with Gasteiger partial charge in [0.1, 0.15) is 5.54 Å². The highest BCUT2D eigenvalue weighted by Gasteiger charge is 2.55. The fourth-order valence-corrected chi connectivity index (χ4v) is 5.01. The quantitative estimate of drug-likeness (QED) is 0.380. The molecule has 1 unspecified atom stereocenters. The molecule has 1 atom stereocenters. The molecule has 0 spiro atoms. The molecule has 2 fully saturated rings. The van der Waals surface area contributed by atoms with Crippen LogP contribution in [0.15, 0.2) is 66.7 Å². The summed E-state index contributed by atoms with van der Waals surface area (Å²) in [6, 6.07) is 19.3. The van der Waals surface area contributed by atoms with Gasteiger partial charge in [-0.25, -0.2) is 4.79 Å². The number of hydrogen-bond acceptors (Lipinski definition) is 3. The van der Waals surface area contributed by atoms with Gasteiger partial charge in [-0.2, -0.15) is 0 Å². The Hall–Kier alpha value is -3.85. The molecule has 4 amide bonds. The van der Waals surface area contributed by atoms with E-state index < -0.39 is 5.54 Å². The highest BCUT2D eigenvalue weighted by molar-refractivity contribution is 6.07. The topological polar surface area (TPSA) is 69.7 Å². The number of piperidine rings is 1. The second kappa shape index (κ2) is 11.1. The number of hydrogen-bond donors (Lipinski definition) is 1. The fraction of sp³-hybridized carbons (Fsp3) is 0.345. The highest BCUT2D eigenvalue weighted by Crippen LogP contribution is 2.37. The lowest BCUT2D eigenvalue weighted by Gasteiger charge is -2.40. The van der Waals surface area contributed by atoms with Gasteiger partial charge in [-0.05, 0) is 55.7 Å². The van der Waals surface area contributed by atoms with Gasteiger partial charge in [0.2, 0.25) is 5.91 Å². The van der Waals surface area contributed by atoms with Crippen LogP contribution in [0, 0.1) is 17.8 Å². The van der Waals surface area contributed by atoms with Crippen LogP contribution < -0.4 is 5.32 Å². The number of amides is 4. The first-order valence-corrected chi connectivity index (χ1v) is 12.1. The van der Waals surface area contributed by atoms with Gasteiger partial charge in [0.25, 0.3) is 5.91 Å². The Labute approximate surface area is 207 Å². The summed E-state index contributed by atoms with van der Waals surface area (Å²) in [5.74, 6) is 5.33. The molecule has 1 N–H and O–H groups in total. The van der Waals surface area contributed by atoms with E-state index >= 15 is 0 Å². The third-order valence-electron chi connectivity index (χ3n) is 6.99. The number of aryl methyl sites for hydroxylation is 1. The summed E-state index contributed by atoms with van der Waals surface area (Å²) in [6.45, 7) is 2.89. The van der Waals surface area contributed by atoms with E-state index in [2.05, 4.69) is 17.2 Å².